The number of rotatable bonds is 7. The molecule has 5 nitrogen and oxygen atoms in total. The van der Waals surface area contributed by atoms with E-state index in [4.69, 9.17) is 9.47 Å². The Bertz CT molecular complexity index is 596. The van der Waals surface area contributed by atoms with Crippen LogP contribution in [0.4, 0.5) is 0 Å². The number of nitrogens with zero attached hydrogens (tertiary/aromatic N) is 1. The van der Waals surface area contributed by atoms with Gasteiger partial charge in [0.25, 0.3) is 0 Å². The average Bonchev–Trinajstić information content (AvgIpc) is 2.53. The summed E-state index contributed by atoms with van der Waals surface area (Å²) in [5.41, 5.74) is 0.895. The fraction of sp³-hybridized carbons (Fsp3) is 0.375. The SMILES string of the molecule is CCNC(CCOc1cccc2ncccc12)C(=O)OC. The van der Waals surface area contributed by atoms with Gasteiger partial charge < -0.3 is 14.8 Å². The minimum Gasteiger partial charge on any atom is -0.493 e. The highest BCUT2D eigenvalue weighted by molar-refractivity contribution is 5.84. The molecule has 1 heterocycles. The summed E-state index contributed by atoms with van der Waals surface area (Å²) < 4.78 is 10.6. The summed E-state index contributed by atoms with van der Waals surface area (Å²) in [6.07, 6.45) is 2.31. The van der Waals surface area contributed by atoms with Crippen LogP contribution in [0.1, 0.15) is 13.3 Å². The Morgan fingerprint density at radius 1 is 1.33 bits per heavy atom. The molecule has 112 valence electrons. The number of esters is 1. The minimum atomic E-state index is -0.340. The number of carbonyl (C=O) groups excluding carboxylic acids is 1. The average molecular weight is 288 g/mol. The highest BCUT2D eigenvalue weighted by Crippen LogP contribution is 2.23. The predicted octanol–water partition coefficient (Wildman–Crippen LogP) is 2.15. The van der Waals surface area contributed by atoms with Crippen LogP contribution in [0.3, 0.4) is 0 Å². The molecule has 0 fully saturated rings. The maximum atomic E-state index is 11.6. The lowest BCUT2D eigenvalue weighted by atomic mass is 10.2. The third-order valence-electron chi connectivity index (χ3n) is 3.21. The number of nitrogens with one attached hydrogen (secondary N) is 1. The molecule has 0 spiro atoms. The van der Waals surface area contributed by atoms with Crippen molar-refractivity contribution < 1.29 is 14.3 Å². The number of carbonyl (C=O) groups is 1. The summed E-state index contributed by atoms with van der Waals surface area (Å²) in [6, 6.07) is 9.27. The van der Waals surface area contributed by atoms with Gasteiger partial charge in [0.15, 0.2) is 0 Å². The number of fused-ring (bicyclic) bond motifs is 1. The van der Waals surface area contributed by atoms with E-state index < -0.39 is 0 Å². The first kappa shape index (κ1) is 15.3. The number of pyridine rings is 1. The number of methoxy groups -OCH3 is 1. The maximum Gasteiger partial charge on any atom is 0.322 e. The van der Waals surface area contributed by atoms with Crippen molar-refractivity contribution in [3.63, 3.8) is 0 Å². The van der Waals surface area contributed by atoms with Crippen LogP contribution in [0, 0.1) is 0 Å². The molecule has 0 aliphatic rings. The molecular weight excluding hydrogens is 268 g/mol. The molecule has 0 saturated carbocycles. The van der Waals surface area contributed by atoms with Crippen LogP contribution >= 0.6 is 0 Å². The van der Waals surface area contributed by atoms with Crippen molar-refractivity contribution in [2.45, 2.75) is 19.4 Å². The van der Waals surface area contributed by atoms with Gasteiger partial charge in [0, 0.05) is 18.0 Å². The number of benzene rings is 1. The zero-order valence-electron chi connectivity index (χ0n) is 12.3. The summed E-state index contributed by atoms with van der Waals surface area (Å²) in [7, 11) is 1.39. The van der Waals surface area contributed by atoms with Crippen molar-refractivity contribution in [2.75, 3.05) is 20.3 Å². The van der Waals surface area contributed by atoms with E-state index in [-0.39, 0.29) is 12.0 Å². The van der Waals surface area contributed by atoms with Crippen LogP contribution in [0.5, 0.6) is 5.75 Å². The first-order valence-corrected chi connectivity index (χ1v) is 7.04. The second-order valence-corrected chi connectivity index (χ2v) is 4.60. The number of hydrogen-bond donors (Lipinski definition) is 1. The van der Waals surface area contributed by atoms with Gasteiger partial charge in [-0.2, -0.15) is 0 Å². The molecule has 21 heavy (non-hydrogen) atoms. The first-order chi connectivity index (χ1) is 10.3. The van der Waals surface area contributed by atoms with E-state index in [0.717, 1.165) is 16.7 Å². The molecule has 1 unspecified atom stereocenters. The van der Waals surface area contributed by atoms with Gasteiger partial charge in [-0.05, 0) is 30.8 Å². The number of aromatic nitrogens is 1. The van der Waals surface area contributed by atoms with Gasteiger partial charge in [0.2, 0.25) is 0 Å². The largest absolute Gasteiger partial charge is 0.493 e. The zero-order valence-corrected chi connectivity index (χ0v) is 12.3. The quantitative estimate of drug-likeness (QED) is 0.791. The Morgan fingerprint density at radius 3 is 2.95 bits per heavy atom. The van der Waals surface area contributed by atoms with E-state index in [0.29, 0.717) is 19.6 Å². The number of hydrogen-bond acceptors (Lipinski definition) is 5. The van der Waals surface area contributed by atoms with Gasteiger partial charge >= 0.3 is 5.97 Å². The molecule has 0 aliphatic heterocycles. The van der Waals surface area contributed by atoms with E-state index in [1.165, 1.54) is 7.11 Å². The maximum absolute atomic E-state index is 11.6. The second kappa shape index (κ2) is 7.59. The van der Waals surface area contributed by atoms with Gasteiger partial charge in [0.1, 0.15) is 11.8 Å². The van der Waals surface area contributed by atoms with Gasteiger partial charge in [-0.15, -0.1) is 0 Å². The second-order valence-electron chi connectivity index (χ2n) is 4.60. The molecule has 0 saturated heterocycles. The highest BCUT2D eigenvalue weighted by Gasteiger charge is 2.17. The Kier molecular flexibility index (Phi) is 5.51. The van der Waals surface area contributed by atoms with Crippen molar-refractivity contribution in [3.8, 4) is 5.75 Å². The number of ether oxygens (including phenoxy) is 2. The van der Waals surface area contributed by atoms with E-state index >= 15 is 0 Å². The topological polar surface area (TPSA) is 60.5 Å². The number of likely N-dealkylation sites (N-methyl/N-ethyl adjacent to an activating group) is 1. The Labute approximate surface area is 124 Å². The van der Waals surface area contributed by atoms with Gasteiger partial charge in [-0.3, -0.25) is 9.78 Å². The molecule has 0 aliphatic carbocycles. The lowest BCUT2D eigenvalue weighted by Gasteiger charge is -2.16. The van der Waals surface area contributed by atoms with Crippen molar-refractivity contribution in [1.29, 1.82) is 0 Å². The van der Waals surface area contributed by atoms with Crippen LogP contribution in [-0.2, 0) is 9.53 Å². The van der Waals surface area contributed by atoms with Crippen molar-refractivity contribution in [2.24, 2.45) is 0 Å². The first-order valence-electron chi connectivity index (χ1n) is 7.04. The summed E-state index contributed by atoms with van der Waals surface area (Å²) in [4.78, 5) is 15.9. The smallest absolute Gasteiger partial charge is 0.322 e. The highest BCUT2D eigenvalue weighted by atomic mass is 16.5. The molecule has 1 aromatic carbocycles. The Morgan fingerprint density at radius 2 is 2.19 bits per heavy atom. The van der Waals surface area contributed by atoms with Gasteiger partial charge in [-0.25, -0.2) is 0 Å². The van der Waals surface area contributed by atoms with E-state index in [1.54, 1.807) is 6.20 Å². The van der Waals surface area contributed by atoms with Crippen molar-refractivity contribution in [3.05, 3.63) is 36.5 Å². The van der Waals surface area contributed by atoms with E-state index in [2.05, 4.69) is 10.3 Å². The van der Waals surface area contributed by atoms with Crippen LogP contribution < -0.4 is 10.1 Å². The summed E-state index contributed by atoms with van der Waals surface area (Å²) >= 11 is 0. The molecule has 2 aromatic rings. The lowest BCUT2D eigenvalue weighted by molar-refractivity contribution is -0.143. The summed E-state index contributed by atoms with van der Waals surface area (Å²) in [5, 5.41) is 4.06. The Balaban J connectivity index is 1.99. The van der Waals surface area contributed by atoms with Crippen LogP contribution in [0.25, 0.3) is 10.9 Å². The fourth-order valence-electron chi connectivity index (χ4n) is 2.18. The van der Waals surface area contributed by atoms with Crippen molar-refractivity contribution in [1.82, 2.24) is 10.3 Å². The van der Waals surface area contributed by atoms with E-state index in [9.17, 15) is 4.79 Å². The molecule has 0 bridgehead atoms. The van der Waals surface area contributed by atoms with E-state index in [1.807, 2.05) is 37.3 Å². The monoisotopic (exact) mass is 288 g/mol. The minimum absolute atomic E-state index is 0.264. The molecule has 0 radical (unpaired) electrons. The molecule has 5 heteroatoms. The molecule has 1 atom stereocenters. The van der Waals surface area contributed by atoms with Crippen LogP contribution in [0.2, 0.25) is 0 Å². The Hall–Kier alpha value is -2.14. The molecule has 1 aromatic heterocycles. The van der Waals surface area contributed by atoms with Crippen LogP contribution in [-0.4, -0.2) is 37.3 Å². The molecule has 1 N–H and O–H groups in total. The fourth-order valence-corrected chi connectivity index (χ4v) is 2.18. The van der Waals surface area contributed by atoms with Crippen molar-refractivity contribution >= 4 is 16.9 Å². The third-order valence-corrected chi connectivity index (χ3v) is 3.21. The van der Waals surface area contributed by atoms with Gasteiger partial charge in [-0.1, -0.05) is 13.0 Å². The summed E-state index contributed by atoms with van der Waals surface area (Å²) in [5.74, 6) is 0.515. The molecular formula is C16H20N2O3. The normalized spacial score (nSPS) is 12.1. The summed E-state index contributed by atoms with van der Waals surface area (Å²) in [6.45, 7) is 3.09. The third kappa shape index (κ3) is 3.92. The predicted molar refractivity (Wildman–Crippen MR) is 81.3 cm³/mol. The van der Waals surface area contributed by atoms with Gasteiger partial charge in [0.05, 0.1) is 19.2 Å². The lowest BCUT2D eigenvalue weighted by Crippen LogP contribution is -2.38. The molecule has 0 amide bonds. The van der Waals surface area contributed by atoms with Crippen LogP contribution in [0.15, 0.2) is 36.5 Å². The zero-order chi connectivity index (χ0) is 15.1. The molecule has 2 rings (SSSR count). The standard InChI is InChI=1S/C16H20N2O3/c1-3-17-14(16(19)20-2)9-11-21-15-8-4-7-13-12(15)6-5-10-18-13/h4-8,10,14,17H,3,9,11H2,1-2H3.